The molecule has 0 unspecified atom stereocenters. The fourth-order valence-corrected chi connectivity index (χ4v) is 3.32. The maximum atomic E-state index is 12.2. The quantitative estimate of drug-likeness (QED) is 0.516. The van der Waals surface area contributed by atoms with E-state index in [4.69, 9.17) is 14.6 Å². The highest BCUT2D eigenvalue weighted by atomic mass is 32.2. The van der Waals surface area contributed by atoms with Crippen LogP contribution < -0.4 is 10.1 Å². The number of rotatable bonds is 7. The third kappa shape index (κ3) is 5.71. The highest BCUT2D eigenvalue weighted by molar-refractivity contribution is 8.18. The zero-order valence-electron chi connectivity index (χ0n) is 16.0. The van der Waals surface area contributed by atoms with Crippen LogP contribution in [0, 0.1) is 0 Å². The van der Waals surface area contributed by atoms with Gasteiger partial charge in [-0.05, 0) is 66.7 Å². The smallest absolute Gasteiger partial charge is 0.341 e. The summed E-state index contributed by atoms with van der Waals surface area (Å²) in [4.78, 5) is 39.4. The number of ether oxygens (including phenoxy) is 2. The molecule has 3 rings (SSSR count). The lowest BCUT2D eigenvalue weighted by Gasteiger charge is -2.03. The number of hydrogen-bond donors (Lipinski definition) is 2. The van der Waals surface area contributed by atoms with Gasteiger partial charge in [0.15, 0.2) is 11.8 Å². The number of amides is 1. The molecule has 0 bridgehead atoms. The molecular formula is C21H18N2O6S. The van der Waals surface area contributed by atoms with E-state index in [9.17, 15) is 14.4 Å². The van der Waals surface area contributed by atoms with E-state index < -0.39 is 18.5 Å². The molecule has 2 N–H and O–H groups in total. The van der Waals surface area contributed by atoms with Crippen LogP contribution in [-0.2, 0) is 14.3 Å². The Morgan fingerprint density at radius 2 is 1.97 bits per heavy atom. The third-order valence-corrected chi connectivity index (χ3v) is 4.69. The number of carboxylic acids is 1. The van der Waals surface area contributed by atoms with Crippen molar-refractivity contribution in [3.8, 4) is 5.75 Å². The van der Waals surface area contributed by atoms with Gasteiger partial charge in [-0.2, -0.15) is 0 Å². The molecule has 1 fully saturated rings. The van der Waals surface area contributed by atoms with E-state index in [0.717, 1.165) is 0 Å². The Morgan fingerprint density at radius 1 is 1.20 bits per heavy atom. The lowest BCUT2D eigenvalue weighted by Crippen LogP contribution is -2.19. The van der Waals surface area contributed by atoms with Crippen molar-refractivity contribution in [3.63, 3.8) is 0 Å². The lowest BCUT2D eigenvalue weighted by atomic mass is 10.2. The molecule has 30 heavy (non-hydrogen) atoms. The van der Waals surface area contributed by atoms with Crippen molar-refractivity contribution >= 4 is 46.5 Å². The zero-order valence-corrected chi connectivity index (χ0v) is 16.8. The maximum absolute atomic E-state index is 12.2. The molecule has 1 heterocycles. The number of carboxylic acid groups (broad SMARTS) is 1. The molecule has 8 nitrogen and oxygen atoms in total. The van der Waals surface area contributed by atoms with E-state index in [0.29, 0.717) is 39.2 Å². The average molecular weight is 426 g/mol. The van der Waals surface area contributed by atoms with E-state index in [-0.39, 0.29) is 5.91 Å². The summed E-state index contributed by atoms with van der Waals surface area (Å²) < 4.78 is 10.1. The predicted octanol–water partition coefficient (Wildman–Crippen LogP) is 3.22. The van der Waals surface area contributed by atoms with Crippen LogP contribution in [0.5, 0.6) is 5.75 Å². The Hall–Kier alpha value is -3.59. The van der Waals surface area contributed by atoms with E-state index in [2.05, 4.69) is 10.3 Å². The normalized spacial score (nSPS) is 15.8. The second kappa shape index (κ2) is 9.75. The molecule has 2 aromatic carbocycles. The number of nitrogens with one attached hydrogen (secondary N) is 1. The van der Waals surface area contributed by atoms with Crippen LogP contribution in [0.1, 0.15) is 22.8 Å². The number of thioether (sulfide) groups is 1. The monoisotopic (exact) mass is 426 g/mol. The molecule has 0 saturated carbocycles. The summed E-state index contributed by atoms with van der Waals surface area (Å²) in [5.41, 5.74) is 1.70. The summed E-state index contributed by atoms with van der Waals surface area (Å²) in [6.07, 6.45) is 1.67. The summed E-state index contributed by atoms with van der Waals surface area (Å²) >= 11 is 1.18. The summed E-state index contributed by atoms with van der Waals surface area (Å²) in [6, 6.07) is 13.3. The van der Waals surface area contributed by atoms with Gasteiger partial charge in [-0.3, -0.25) is 4.79 Å². The molecule has 9 heteroatoms. The molecule has 1 saturated heterocycles. The Balaban J connectivity index is 1.71. The molecule has 0 aromatic heterocycles. The van der Waals surface area contributed by atoms with Crippen molar-refractivity contribution in [1.29, 1.82) is 0 Å². The Morgan fingerprint density at radius 3 is 2.67 bits per heavy atom. The minimum Gasteiger partial charge on any atom is -0.482 e. The summed E-state index contributed by atoms with van der Waals surface area (Å²) in [6.45, 7) is 1.60. The van der Waals surface area contributed by atoms with Crippen molar-refractivity contribution in [2.75, 3.05) is 13.2 Å². The molecule has 0 atom stereocenters. The predicted molar refractivity (Wildman–Crippen MR) is 113 cm³/mol. The Labute approximate surface area is 176 Å². The number of esters is 1. The first-order valence-corrected chi connectivity index (χ1v) is 9.77. The minimum atomic E-state index is -1.07. The largest absolute Gasteiger partial charge is 0.482 e. The molecule has 1 aliphatic heterocycles. The Kier molecular flexibility index (Phi) is 6.87. The van der Waals surface area contributed by atoms with Gasteiger partial charge in [0.1, 0.15) is 5.75 Å². The first-order chi connectivity index (χ1) is 14.4. The van der Waals surface area contributed by atoms with Gasteiger partial charge in [0.25, 0.3) is 5.91 Å². The average Bonchev–Trinajstić information content (AvgIpc) is 3.06. The maximum Gasteiger partial charge on any atom is 0.341 e. The lowest BCUT2D eigenvalue weighted by molar-refractivity contribution is -0.139. The molecule has 1 aliphatic rings. The van der Waals surface area contributed by atoms with Gasteiger partial charge in [-0.15, -0.1) is 0 Å². The first kappa shape index (κ1) is 21.1. The van der Waals surface area contributed by atoms with E-state index in [1.54, 1.807) is 61.5 Å². The van der Waals surface area contributed by atoms with Gasteiger partial charge < -0.3 is 19.9 Å². The van der Waals surface area contributed by atoms with Crippen LogP contribution in [0.3, 0.4) is 0 Å². The second-order valence-corrected chi connectivity index (χ2v) is 7.03. The van der Waals surface area contributed by atoms with Gasteiger partial charge in [-0.25, -0.2) is 14.6 Å². The fraction of sp³-hybridized carbons (Fsp3) is 0.143. The fourth-order valence-electron chi connectivity index (χ4n) is 2.47. The molecule has 0 radical (unpaired) electrons. The topological polar surface area (TPSA) is 114 Å². The van der Waals surface area contributed by atoms with Gasteiger partial charge in [-0.1, -0.05) is 12.1 Å². The van der Waals surface area contributed by atoms with Crippen molar-refractivity contribution < 1.29 is 29.0 Å². The summed E-state index contributed by atoms with van der Waals surface area (Å²) in [7, 11) is 0. The van der Waals surface area contributed by atoms with Crippen LogP contribution in [-0.4, -0.2) is 41.3 Å². The molecule has 0 spiro atoms. The number of hydrogen-bond acceptors (Lipinski definition) is 7. The van der Waals surface area contributed by atoms with E-state index in [1.165, 1.54) is 11.8 Å². The highest BCUT2D eigenvalue weighted by Crippen LogP contribution is 2.29. The van der Waals surface area contributed by atoms with Crippen LogP contribution in [0.4, 0.5) is 5.69 Å². The van der Waals surface area contributed by atoms with Crippen molar-refractivity contribution in [1.82, 2.24) is 5.32 Å². The van der Waals surface area contributed by atoms with Crippen LogP contribution in [0.25, 0.3) is 6.08 Å². The Bertz CT molecular complexity index is 1030. The standard InChI is InChI=1S/C21H18N2O6S/c1-2-28-20(27)14-6-8-15(9-7-14)22-21-23-19(26)17(30-21)11-13-4-3-5-16(10-13)29-12-18(24)25/h3-11H,2,12H2,1H3,(H,24,25)(H,22,23,26)/b17-11+. The number of aliphatic imine (C=N–C) groups is 1. The molecule has 2 aromatic rings. The highest BCUT2D eigenvalue weighted by Gasteiger charge is 2.23. The molecular weight excluding hydrogens is 408 g/mol. The number of amidine groups is 1. The third-order valence-electron chi connectivity index (χ3n) is 3.78. The summed E-state index contributed by atoms with van der Waals surface area (Å²) in [5.74, 6) is -1.37. The number of carbonyl (C=O) groups excluding carboxylic acids is 2. The first-order valence-electron chi connectivity index (χ1n) is 8.96. The SMILES string of the molecule is CCOC(=O)c1ccc(N=C2NC(=O)/C(=C\c3cccc(OCC(=O)O)c3)S2)cc1. The van der Waals surface area contributed by atoms with Gasteiger partial charge in [0.2, 0.25) is 0 Å². The van der Waals surface area contributed by atoms with Gasteiger partial charge in [0, 0.05) is 0 Å². The van der Waals surface area contributed by atoms with Gasteiger partial charge in [0.05, 0.1) is 22.8 Å². The number of aliphatic carboxylic acids is 1. The minimum absolute atomic E-state index is 0.293. The van der Waals surface area contributed by atoms with E-state index >= 15 is 0 Å². The van der Waals surface area contributed by atoms with Crippen LogP contribution in [0.2, 0.25) is 0 Å². The number of nitrogens with zero attached hydrogens (tertiary/aromatic N) is 1. The van der Waals surface area contributed by atoms with Crippen LogP contribution >= 0.6 is 11.8 Å². The number of benzene rings is 2. The zero-order chi connectivity index (χ0) is 21.5. The second-order valence-electron chi connectivity index (χ2n) is 6.00. The molecule has 1 amide bonds. The van der Waals surface area contributed by atoms with Crippen molar-refractivity contribution in [2.45, 2.75) is 6.92 Å². The van der Waals surface area contributed by atoms with Crippen molar-refractivity contribution in [2.24, 2.45) is 4.99 Å². The molecule has 154 valence electrons. The molecule has 0 aliphatic carbocycles. The van der Waals surface area contributed by atoms with E-state index in [1.807, 2.05) is 0 Å². The van der Waals surface area contributed by atoms with Crippen molar-refractivity contribution in [3.05, 3.63) is 64.6 Å². The summed E-state index contributed by atoms with van der Waals surface area (Å²) in [5, 5.41) is 11.8. The van der Waals surface area contributed by atoms with Gasteiger partial charge >= 0.3 is 11.9 Å². The number of carbonyl (C=O) groups is 3. The van der Waals surface area contributed by atoms with Crippen LogP contribution in [0.15, 0.2) is 58.4 Å².